The van der Waals surface area contributed by atoms with Gasteiger partial charge >= 0.3 is 5.97 Å². The number of carboxylic acid groups (broad SMARTS) is 1. The number of hydrogen-bond donors (Lipinski definition) is 5. The highest BCUT2D eigenvalue weighted by Gasteiger charge is 2.17. The third-order valence-corrected chi connectivity index (χ3v) is 8.36. The summed E-state index contributed by atoms with van der Waals surface area (Å²) in [6, 6.07) is 15.4. The van der Waals surface area contributed by atoms with Gasteiger partial charge in [-0.1, -0.05) is 30.3 Å². The summed E-state index contributed by atoms with van der Waals surface area (Å²) in [4.78, 5) is 14.0. The molecule has 0 saturated carbocycles. The van der Waals surface area contributed by atoms with Crippen LogP contribution in [-0.4, -0.2) is 48.8 Å². The maximum absolute atomic E-state index is 12.5. The normalized spacial score (nSPS) is 13.4. The first kappa shape index (κ1) is 25.7. The number of anilines is 1. The largest absolute Gasteiger partial charge is 0.480 e. The lowest BCUT2D eigenvalue weighted by Crippen LogP contribution is -2.32. The third kappa shape index (κ3) is 6.24. The summed E-state index contributed by atoms with van der Waals surface area (Å²) in [5, 5.41) is 25.5. The maximum atomic E-state index is 12.5. The molecule has 0 saturated heterocycles. The molecule has 0 spiro atoms. The predicted molar refractivity (Wildman–Crippen MR) is 139 cm³/mol. The standard InChI is InChI=1S/C25H27N3O6S2/c1-16(11-18-13-27-25-20(18)7-3-8-22(25)34-15-23(30)31)26-14-21(29)17-5-2-6-19(12-17)28-36(32,33)24-9-4-10-35-24/h2-10,12-13,16,21,26-29H,11,14-15H2,1H3,(H,30,31)/t16-,21+/m1/s1. The van der Waals surface area contributed by atoms with Crippen LogP contribution in [0.1, 0.15) is 24.2 Å². The number of thiophene rings is 1. The van der Waals surface area contributed by atoms with Gasteiger partial charge in [0.15, 0.2) is 6.61 Å². The Morgan fingerprint density at radius 1 is 1.17 bits per heavy atom. The Bertz CT molecular complexity index is 1430. The van der Waals surface area contributed by atoms with Crippen LogP contribution in [0.5, 0.6) is 5.75 Å². The van der Waals surface area contributed by atoms with E-state index in [0.717, 1.165) is 27.8 Å². The zero-order valence-corrected chi connectivity index (χ0v) is 21.1. The number of hydrogen-bond acceptors (Lipinski definition) is 7. The molecule has 0 aliphatic rings. The molecular weight excluding hydrogens is 502 g/mol. The number of aliphatic hydroxyl groups excluding tert-OH is 1. The lowest BCUT2D eigenvalue weighted by atomic mass is 10.0. The topological polar surface area (TPSA) is 141 Å². The summed E-state index contributed by atoms with van der Waals surface area (Å²) in [7, 11) is -3.67. The number of aliphatic carboxylic acids is 1. The van der Waals surface area contributed by atoms with Gasteiger partial charge in [-0.2, -0.15) is 0 Å². The molecule has 2 heterocycles. The van der Waals surface area contributed by atoms with Crippen LogP contribution >= 0.6 is 11.3 Å². The number of carboxylic acids is 1. The molecule has 9 nitrogen and oxygen atoms in total. The smallest absolute Gasteiger partial charge is 0.341 e. The molecule has 11 heteroatoms. The molecule has 0 radical (unpaired) electrons. The minimum Gasteiger partial charge on any atom is -0.480 e. The van der Waals surface area contributed by atoms with E-state index in [1.807, 2.05) is 25.3 Å². The van der Waals surface area contributed by atoms with Crippen LogP contribution in [0.4, 0.5) is 5.69 Å². The molecule has 2 aromatic heterocycles. The fraction of sp³-hybridized carbons (Fsp3) is 0.240. The van der Waals surface area contributed by atoms with Crippen LogP contribution < -0.4 is 14.8 Å². The van der Waals surface area contributed by atoms with E-state index < -0.39 is 28.7 Å². The van der Waals surface area contributed by atoms with Crippen LogP contribution in [0.3, 0.4) is 0 Å². The quantitative estimate of drug-likeness (QED) is 0.188. The summed E-state index contributed by atoms with van der Waals surface area (Å²) in [6.45, 7) is 1.86. The first-order valence-corrected chi connectivity index (χ1v) is 13.6. The van der Waals surface area contributed by atoms with Crippen molar-refractivity contribution in [1.29, 1.82) is 0 Å². The third-order valence-electron chi connectivity index (χ3n) is 5.58. The minimum absolute atomic E-state index is 0.0164. The van der Waals surface area contributed by atoms with Crippen LogP contribution in [0.15, 0.2) is 70.4 Å². The van der Waals surface area contributed by atoms with Crippen molar-refractivity contribution in [3.8, 4) is 5.75 Å². The van der Waals surface area contributed by atoms with E-state index in [2.05, 4.69) is 15.0 Å². The second kappa shape index (κ2) is 11.1. The van der Waals surface area contributed by atoms with Gasteiger partial charge < -0.3 is 25.3 Å². The number of fused-ring (bicyclic) bond motifs is 1. The van der Waals surface area contributed by atoms with Gasteiger partial charge in [0.2, 0.25) is 0 Å². The molecule has 5 N–H and O–H groups in total. The number of rotatable bonds is 12. The van der Waals surface area contributed by atoms with Gasteiger partial charge in [0.25, 0.3) is 10.0 Å². The van der Waals surface area contributed by atoms with Gasteiger partial charge in [-0.15, -0.1) is 11.3 Å². The van der Waals surface area contributed by atoms with Crippen molar-refractivity contribution in [2.24, 2.45) is 0 Å². The Morgan fingerprint density at radius 2 is 1.97 bits per heavy atom. The highest BCUT2D eigenvalue weighted by atomic mass is 32.2. The number of aromatic amines is 1. The van der Waals surface area contributed by atoms with Crippen LogP contribution in [-0.2, 0) is 21.2 Å². The van der Waals surface area contributed by atoms with Gasteiger partial charge in [0.05, 0.1) is 11.6 Å². The molecule has 0 bridgehead atoms. The molecule has 190 valence electrons. The van der Waals surface area contributed by atoms with Gasteiger partial charge in [-0.3, -0.25) is 4.72 Å². The van der Waals surface area contributed by atoms with E-state index in [9.17, 15) is 18.3 Å². The first-order valence-electron chi connectivity index (χ1n) is 11.2. The van der Waals surface area contributed by atoms with E-state index in [0.29, 0.717) is 23.4 Å². The fourth-order valence-electron chi connectivity index (χ4n) is 3.88. The molecule has 2 aromatic carbocycles. The fourth-order valence-corrected chi connectivity index (χ4v) is 5.92. The molecular formula is C25H27N3O6S2. The summed E-state index contributed by atoms with van der Waals surface area (Å²) >= 11 is 1.13. The predicted octanol–water partition coefficient (Wildman–Crippen LogP) is 3.75. The van der Waals surface area contributed by atoms with Crippen molar-refractivity contribution in [3.63, 3.8) is 0 Å². The number of ether oxygens (including phenoxy) is 1. The Balaban J connectivity index is 1.36. The number of nitrogens with one attached hydrogen (secondary N) is 3. The number of benzene rings is 2. The number of para-hydroxylation sites is 1. The van der Waals surface area contributed by atoms with E-state index in [1.165, 1.54) is 6.07 Å². The van der Waals surface area contributed by atoms with Crippen LogP contribution in [0.2, 0.25) is 0 Å². The molecule has 0 fully saturated rings. The second-order valence-corrected chi connectivity index (χ2v) is 11.2. The first-order chi connectivity index (χ1) is 17.2. The molecule has 0 aliphatic carbocycles. The highest BCUT2D eigenvalue weighted by molar-refractivity contribution is 7.94. The van der Waals surface area contributed by atoms with Crippen molar-refractivity contribution in [2.45, 2.75) is 29.7 Å². The lowest BCUT2D eigenvalue weighted by Gasteiger charge is -2.18. The SMILES string of the molecule is C[C@H](Cc1c[nH]c2c(OCC(=O)O)cccc12)NC[C@H](O)c1cccc(NS(=O)(=O)c2cccs2)c1. The summed E-state index contributed by atoms with van der Waals surface area (Å²) in [6.07, 6.45) is 1.70. The van der Waals surface area contributed by atoms with E-state index in [-0.39, 0.29) is 16.8 Å². The Hall–Kier alpha value is -3.38. The van der Waals surface area contributed by atoms with Gasteiger partial charge in [-0.25, -0.2) is 13.2 Å². The highest BCUT2D eigenvalue weighted by Crippen LogP contribution is 2.28. The molecule has 2 atom stereocenters. The van der Waals surface area contributed by atoms with E-state index in [4.69, 9.17) is 9.84 Å². The Morgan fingerprint density at radius 3 is 2.72 bits per heavy atom. The van der Waals surface area contributed by atoms with E-state index >= 15 is 0 Å². The number of aromatic nitrogens is 1. The summed E-state index contributed by atoms with van der Waals surface area (Å²) < 4.78 is 33.1. The number of aliphatic hydroxyl groups is 1. The molecule has 4 rings (SSSR count). The zero-order valence-electron chi connectivity index (χ0n) is 19.5. The number of carbonyl (C=O) groups is 1. The number of sulfonamides is 1. The molecule has 0 amide bonds. The number of H-pyrrole nitrogens is 1. The maximum Gasteiger partial charge on any atom is 0.341 e. The van der Waals surface area contributed by atoms with Crippen LogP contribution in [0, 0.1) is 0 Å². The van der Waals surface area contributed by atoms with Gasteiger partial charge in [-0.05, 0) is 54.1 Å². The Kier molecular flexibility index (Phi) is 7.94. The summed E-state index contributed by atoms with van der Waals surface area (Å²) in [5.41, 5.74) is 2.74. The zero-order chi connectivity index (χ0) is 25.7. The molecule has 0 unspecified atom stereocenters. The van der Waals surface area contributed by atoms with Crippen molar-refractivity contribution in [1.82, 2.24) is 10.3 Å². The second-order valence-electron chi connectivity index (χ2n) is 8.37. The lowest BCUT2D eigenvalue weighted by molar-refractivity contribution is -0.139. The molecule has 0 aliphatic heterocycles. The average molecular weight is 530 g/mol. The van der Waals surface area contributed by atoms with E-state index in [1.54, 1.807) is 41.8 Å². The molecule has 36 heavy (non-hydrogen) atoms. The van der Waals surface area contributed by atoms with Crippen molar-refractivity contribution < 1.29 is 28.2 Å². The van der Waals surface area contributed by atoms with Gasteiger partial charge in [0, 0.05) is 29.9 Å². The van der Waals surface area contributed by atoms with Crippen LogP contribution in [0.25, 0.3) is 10.9 Å². The molecule has 4 aromatic rings. The Labute approximate surface area is 212 Å². The average Bonchev–Trinajstić information content (AvgIpc) is 3.53. The monoisotopic (exact) mass is 529 g/mol. The van der Waals surface area contributed by atoms with Crippen molar-refractivity contribution in [3.05, 3.63) is 77.3 Å². The van der Waals surface area contributed by atoms with Gasteiger partial charge in [0.1, 0.15) is 9.96 Å². The van der Waals surface area contributed by atoms with Crippen molar-refractivity contribution >= 4 is 43.9 Å². The summed E-state index contributed by atoms with van der Waals surface area (Å²) in [5.74, 6) is -0.563. The minimum atomic E-state index is -3.67. The van der Waals surface area contributed by atoms with Crippen molar-refractivity contribution in [2.75, 3.05) is 17.9 Å².